The van der Waals surface area contributed by atoms with Gasteiger partial charge in [-0.15, -0.1) is 0 Å². The standard InChI is InChI=1S/C19H20ClFN2O4/c1-19(18(25)26-2,12-27-14-6-4-3-5-7-14)22-11-17(24)23-16-9-8-13(21)10-15(16)20/h3-10,22H,11-12H2,1-2H3,(H,23,24). The topological polar surface area (TPSA) is 76.7 Å². The van der Waals surface area contributed by atoms with Gasteiger partial charge in [-0.2, -0.15) is 0 Å². The van der Waals surface area contributed by atoms with E-state index in [0.29, 0.717) is 5.75 Å². The van der Waals surface area contributed by atoms with Crippen LogP contribution in [-0.4, -0.2) is 37.7 Å². The highest BCUT2D eigenvalue weighted by Crippen LogP contribution is 2.22. The van der Waals surface area contributed by atoms with E-state index in [0.717, 1.165) is 6.07 Å². The summed E-state index contributed by atoms with van der Waals surface area (Å²) in [7, 11) is 1.25. The fourth-order valence-electron chi connectivity index (χ4n) is 2.21. The Hall–Kier alpha value is -2.64. The van der Waals surface area contributed by atoms with E-state index in [-0.39, 0.29) is 23.9 Å². The van der Waals surface area contributed by atoms with Gasteiger partial charge in [-0.1, -0.05) is 29.8 Å². The van der Waals surface area contributed by atoms with Gasteiger partial charge in [0.1, 0.15) is 23.7 Å². The van der Waals surface area contributed by atoms with Crippen LogP contribution >= 0.6 is 11.6 Å². The van der Waals surface area contributed by atoms with Gasteiger partial charge in [0, 0.05) is 0 Å². The SMILES string of the molecule is COC(=O)C(C)(COc1ccccc1)NCC(=O)Nc1ccc(F)cc1Cl. The van der Waals surface area contributed by atoms with Crippen LogP contribution in [-0.2, 0) is 14.3 Å². The van der Waals surface area contributed by atoms with E-state index in [1.807, 2.05) is 6.07 Å². The summed E-state index contributed by atoms with van der Waals surface area (Å²) in [5.41, 5.74) is -0.987. The second-order valence-electron chi connectivity index (χ2n) is 5.95. The molecular formula is C19H20ClFN2O4. The maximum absolute atomic E-state index is 13.1. The molecule has 2 aromatic rings. The zero-order valence-corrected chi connectivity index (χ0v) is 15.7. The molecule has 6 nitrogen and oxygen atoms in total. The van der Waals surface area contributed by atoms with Crippen molar-refractivity contribution < 1.29 is 23.5 Å². The Bertz CT molecular complexity index is 804. The van der Waals surface area contributed by atoms with Crippen LogP contribution < -0.4 is 15.4 Å². The van der Waals surface area contributed by atoms with Crippen molar-refractivity contribution in [3.8, 4) is 5.75 Å². The van der Waals surface area contributed by atoms with Gasteiger partial charge in [-0.3, -0.25) is 10.1 Å². The molecular weight excluding hydrogens is 375 g/mol. The Kier molecular flexibility index (Phi) is 7.15. The first kappa shape index (κ1) is 20.7. The average molecular weight is 395 g/mol. The Morgan fingerprint density at radius 1 is 1.19 bits per heavy atom. The number of ether oxygens (including phenoxy) is 2. The summed E-state index contributed by atoms with van der Waals surface area (Å²) in [6.45, 7) is 1.31. The molecule has 2 rings (SSSR count). The predicted molar refractivity (Wildman–Crippen MR) is 100 cm³/mol. The van der Waals surface area contributed by atoms with Crippen LogP contribution in [0.1, 0.15) is 6.92 Å². The molecule has 0 spiro atoms. The molecule has 27 heavy (non-hydrogen) atoms. The average Bonchev–Trinajstić information content (AvgIpc) is 2.67. The predicted octanol–water partition coefficient (Wildman–Crippen LogP) is 3.02. The highest BCUT2D eigenvalue weighted by Gasteiger charge is 2.35. The minimum Gasteiger partial charge on any atom is -0.491 e. The van der Waals surface area contributed by atoms with Crippen LogP contribution in [0.3, 0.4) is 0 Å². The van der Waals surface area contributed by atoms with Gasteiger partial charge in [0.2, 0.25) is 5.91 Å². The number of anilines is 1. The van der Waals surface area contributed by atoms with E-state index in [1.54, 1.807) is 31.2 Å². The third-order valence-corrected chi connectivity index (χ3v) is 4.06. The summed E-state index contributed by atoms with van der Waals surface area (Å²) in [6, 6.07) is 12.6. The molecule has 0 bridgehead atoms. The highest BCUT2D eigenvalue weighted by molar-refractivity contribution is 6.33. The molecule has 0 aliphatic carbocycles. The smallest absolute Gasteiger partial charge is 0.329 e. The highest BCUT2D eigenvalue weighted by atomic mass is 35.5. The lowest BCUT2D eigenvalue weighted by Crippen LogP contribution is -2.56. The largest absolute Gasteiger partial charge is 0.491 e. The van der Waals surface area contributed by atoms with Crippen LogP contribution in [0.15, 0.2) is 48.5 Å². The third kappa shape index (κ3) is 5.94. The zero-order valence-electron chi connectivity index (χ0n) is 14.9. The molecule has 0 saturated carbocycles. The van der Waals surface area contributed by atoms with Crippen molar-refractivity contribution in [2.24, 2.45) is 0 Å². The number of hydrogen-bond donors (Lipinski definition) is 2. The molecule has 0 aliphatic heterocycles. The molecule has 2 aromatic carbocycles. The molecule has 0 heterocycles. The lowest BCUT2D eigenvalue weighted by atomic mass is 10.0. The van der Waals surface area contributed by atoms with E-state index in [1.165, 1.54) is 19.2 Å². The van der Waals surface area contributed by atoms with Gasteiger partial charge >= 0.3 is 5.97 Å². The molecule has 1 atom stereocenters. The van der Waals surface area contributed by atoms with Gasteiger partial charge in [0.25, 0.3) is 0 Å². The number of para-hydroxylation sites is 1. The zero-order chi connectivity index (χ0) is 19.9. The number of carbonyl (C=O) groups excluding carboxylic acids is 2. The van der Waals surface area contributed by atoms with Crippen LogP contribution in [0, 0.1) is 5.82 Å². The molecule has 0 aromatic heterocycles. The number of amides is 1. The lowest BCUT2D eigenvalue weighted by molar-refractivity contribution is -0.149. The van der Waals surface area contributed by atoms with Gasteiger partial charge in [-0.25, -0.2) is 9.18 Å². The van der Waals surface area contributed by atoms with Crippen LogP contribution in [0.25, 0.3) is 0 Å². The van der Waals surface area contributed by atoms with Gasteiger partial charge in [0.15, 0.2) is 0 Å². The first-order chi connectivity index (χ1) is 12.8. The van der Waals surface area contributed by atoms with Gasteiger partial charge in [0.05, 0.1) is 24.4 Å². The van der Waals surface area contributed by atoms with E-state index in [4.69, 9.17) is 21.1 Å². The van der Waals surface area contributed by atoms with Gasteiger partial charge < -0.3 is 14.8 Å². The Morgan fingerprint density at radius 2 is 1.89 bits per heavy atom. The number of carbonyl (C=O) groups is 2. The first-order valence-corrected chi connectivity index (χ1v) is 8.48. The second-order valence-corrected chi connectivity index (χ2v) is 6.36. The van der Waals surface area contributed by atoms with Crippen molar-refractivity contribution in [1.29, 1.82) is 0 Å². The number of halogens is 2. The van der Waals surface area contributed by atoms with Gasteiger partial charge in [-0.05, 0) is 37.3 Å². The molecule has 0 radical (unpaired) electrons. The summed E-state index contributed by atoms with van der Waals surface area (Å²) in [4.78, 5) is 24.3. The second kappa shape index (κ2) is 9.34. The monoisotopic (exact) mass is 394 g/mol. The third-order valence-electron chi connectivity index (χ3n) is 3.75. The summed E-state index contributed by atoms with van der Waals surface area (Å²) in [5.74, 6) is -0.964. The maximum atomic E-state index is 13.1. The quantitative estimate of drug-likeness (QED) is 0.673. The molecule has 144 valence electrons. The number of esters is 1. The number of methoxy groups -OCH3 is 1. The van der Waals surface area contributed by atoms with Crippen molar-refractivity contribution in [3.05, 3.63) is 59.4 Å². The Balaban J connectivity index is 1.98. The first-order valence-electron chi connectivity index (χ1n) is 8.10. The number of rotatable bonds is 8. The molecule has 1 unspecified atom stereocenters. The Morgan fingerprint density at radius 3 is 2.52 bits per heavy atom. The van der Waals surface area contributed by atoms with Crippen LogP contribution in [0.5, 0.6) is 5.75 Å². The van der Waals surface area contributed by atoms with E-state index in [9.17, 15) is 14.0 Å². The minimum absolute atomic E-state index is 0.0474. The molecule has 2 N–H and O–H groups in total. The minimum atomic E-state index is -1.26. The number of benzene rings is 2. The maximum Gasteiger partial charge on any atom is 0.329 e. The summed E-state index contributed by atoms with van der Waals surface area (Å²) < 4.78 is 23.5. The Labute approximate surface area is 161 Å². The molecule has 0 saturated heterocycles. The summed E-state index contributed by atoms with van der Waals surface area (Å²) in [6.07, 6.45) is 0. The fraction of sp³-hybridized carbons (Fsp3) is 0.263. The molecule has 0 aliphatic rings. The van der Waals surface area contributed by atoms with Crippen molar-refractivity contribution in [1.82, 2.24) is 5.32 Å². The number of hydrogen-bond acceptors (Lipinski definition) is 5. The van der Waals surface area contributed by atoms with Crippen molar-refractivity contribution in [3.63, 3.8) is 0 Å². The summed E-state index contributed by atoms with van der Waals surface area (Å²) >= 11 is 5.88. The molecule has 1 amide bonds. The van der Waals surface area contributed by atoms with E-state index in [2.05, 4.69) is 10.6 Å². The van der Waals surface area contributed by atoms with Crippen molar-refractivity contribution >= 4 is 29.2 Å². The lowest BCUT2D eigenvalue weighted by Gasteiger charge is -2.27. The molecule has 8 heteroatoms. The summed E-state index contributed by atoms with van der Waals surface area (Å²) in [5, 5.41) is 5.46. The van der Waals surface area contributed by atoms with Crippen LogP contribution in [0.4, 0.5) is 10.1 Å². The fourth-order valence-corrected chi connectivity index (χ4v) is 2.43. The molecule has 0 fully saturated rings. The van der Waals surface area contributed by atoms with E-state index < -0.39 is 23.2 Å². The van der Waals surface area contributed by atoms with Crippen molar-refractivity contribution in [2.75, 3.05) is 25.6 Å². The van der Waals surface area contributed by atoms with Crippen molar-refractivity contribution in [2.45, 2.75) is 12.5 Å². The van der Waals surface area contributed by atoms with Crippen LogP contribution in [0.2, 0.25) is 5.02 Å². The normalized spacial score (nSPS) is 12.7. The van der Waals surface area contributed by atoms with E-state index >= 15 is 0 Å². The number of nitrogens with one attached hydrogen (secondary N) is 2.